The molecule has 1 aliphatic heterocycles. The van der Waals surface area contributed by atoms with Crippen LogP contribution in [-0.2, 0) is 21.4 Å². The molecule has 0 atom stereocenters. The maximum Gasteiger partial charge on any atom is 0.244 e. The van der Waals surface area contributed by atoms with Crippen molar-refractivity contribution in [3.05, 3.63) is 54.9 Å². The summed E-state index contributed by atoms with van der Waals surface area (Å²) in [4.78, 5) is 19.1. The van der Waals surface area contributed by atoms with E-state index in [0.29, 0.717) is 26.2 Å². The van der Waals surface area contributed by atoms with E-state index in [1.165, 1.54) is 10.6 Å². The molecule has 2 aromatic carbocycles. The van der Waals surface area contributed by atoms with Crippen molar-refractivity contribution in [2.45, 2.75) is 6.54 Å². The SMILES string of the molecule is CS(=O)(=O)N1CCN(c2ccccc2NC(=O)Cn2cnc3ccccc32)CC1. The van der Waals surface area contributed by atoms with Gasteiger partial charge in [0.05, 0.1) is 35.0 Å². The lowest BCUT2D eigenvalue weighted by molar-refractivity contribution is -0.116. The molecule has 4 rings (SSSR count). The highest BCUT2D eigenvalue weighted by atomic mass is 32.2. The van der Waals surface area contributed by atoms with E-state index >= 15 is 0 Å². The molecule has 1 amide bonds. The standard InChI is InChI=1S/C20H23N5O3S/c1-29(27,28)25-12-10-23(11-13-25)19-9-5-3-7-17(19)22-20(26)14-24-15-21-16-6-2-4-8-18(16)24/h2-9,15H,10-14H2,1H3,(H,22,26). The Hall–Kier alpha value is -2.91. The van der Waals surface area contributed by atoms with Crippen LogP contribution in [0.15, 0.2) is 54.9 Å². The summed E-state index contributed by atoms with van der Waals surface area (Å²) in [6, 6.07) is 15.3. The van der Waals surface area contributed by atoms with Crippen LogP contribution >= 0.6 is 0 Å². The lowest BCUT2D eigenvalue weighted by atomic mass is 10.2. The summed E-state index contributed by atoms with van der Waals surface area (Å²) >= 11 is 0. The fraction of sp³-hybridized carbons (Fsp3) is 0.300. The molecule has 1 fully saturated rings. The monoisotopic (exact) mass is 413 g/mol. The number of nitrogens with one attached hydrogen (secondary N) is 1. The van der Waals surface area contributed by atoms with Gasteiger partial charge in [0.15, 0.2) is 0 Å². The molecule has 0 aliphatic carbocycles. The Balaban J connectivity index is 1.47. The average molecular weight is 414 g/mol. The maximum absolute atomic E-state index is 12.7. The van der Waals surface area contributed by atoms with Gasteiger partial charge in [-0.05, 0) is 24.3 Å². The molecule has 0 unspecified atom stereocenters. The number of rotatable bonds is 5. The number of carbonyl (C=O) groups excluding carboxylic acids is 1. The summed E-state index contributed by atoms with van der Waals surface area (Å²) in [6.45, 7) is 2.18. The number of imidazole rings is 1. The van der Waals surface area contributed by atoms with Gasteiger partial charge in [-0.2, -0.15) is 4.31 Å². The molecule has 8 nitrogen and oxygen atoms in total. The van der Waals surface area contributed by atoms with Gasteiger partial charge in [0, 0.05) is 26.2 Å². The highest BCUT2D eigenvalue weighted by Gasteiger charge is 2.24. The second kappa shape index (κ2) is 7.84. The second-order valence-electron chi connectivity index (χ2n) is 7.08. The molecular formula is C20H23N5O3S. The first-order valence-electron chi connectivity index (χ1n) is 9.40. The minimum absolute atomic E-state index is 0.143. The van der Waals surface area contributed by atoms with E-state index in [1.54, 1.807) is 6.33 Å². The first kappa shape index (κ1) is 19.4. The number of amides is 1. The predicted molar refractivity (Wildman–Crippen MR) is 113 cm³/mol. The number of fused-ring (bicyclic) bond motifs is 1. The Morgan fingerprint density at radius 2 is 1.72 bits per heavy atom. The molecule has 0 saturated carbocycles. The van der Waals surface area contributed by atoms with Gasteiger partial charge < -0.3 is 14.8 Å². The highest BCUT2D eigenvalue weighted by molar-refractivity contribution is 7.88. The van der Waals surface area contributed by atoms with E-state index in [0.717, 1.165) is 22.4 Å². The van der Waals surface area contributed by atoms with E-state index < -0.39 is 10.0 Å². The van der Waals surface area contributed by atoms with Gasteiger partial charge in [-0.3, -0.25) is 4.79 Å². The smallest absolute Gasteiger partial charge is 0.244 e. The molecule has 9 heteroatoms. The van der Waals surface area contributed by atoms with Gasteiger partial charge in [-0.25, -0.2) is 13.4 Å². The molecule has 1 saturated heterocycles. The van der Waals surface area contributed by atoms with E-state index in [4.69, 9.17) is 0 Å². The topological polar surface area (TPSA) is 87.5 Å². The summed E-state index contributed by atoms with van der Waals surface area (Å²) in [7, 11) is -3.18. The third-order valence-electron chi connectivity index (χ3n) is 5.07. The van der Waals surface area contributed by atoms with Crippen LogP contribution in [0, 0.1) is 0 Å². The summed E-state index contributed by atoms with van der Waals surface area (Å²) in [5, 5.41) is 2.99. The number of benzene rings is 2. The Labute approximate surface area is 169 Å². The minimum Gasteiger partial charge on any atom is -0.367 e. The van der Waals surface area contributed by atoms with Crippen molar-refractivity contribution < 1.29 is 13.2 Å². The van der Waals surface area contributed by atoms with Gasteiger partial charge >= 0.3 is 0 Å². The molecule has 0 radical (unpaired) electrons. The second-order valence-corrected chi connectivity index (χ2v) is 9.06. The van der Waals surface area contributed by atoms with E-state index in [2.05, 4.69) is 15.2 Å². The van der Waals surface area contributed by atoms with Crippen LogP contribution in [0.2, 0.25) is 0 Å². The van der Waals surface area contributed by atoms with Gasteiger partial charge in [-0.15, -0.1) is 0 Å². The van der Waals surface area contributed by atoms with Crippen LogP contribution in [0.4, 0.5) is 11.4 Å². The van der Waals surface area contributed by atoms with E-state index in [9.17, 15) is 13.2 Å². The zero-order valence-corrected chi connectivity index (χ0v) is 17.0. The molecular weight excluding hydrogens is 390 g/mol. The van der Waals surface area contributed by atoms with Crippen molar-refractivity contribution in [2.75, 3.05) is 42.7 Å². The molecule has 2 heterocycles. The Bertz CT molecular complexity index is 1130. The van der Waals surface area contributed by atoms with Crippen LogP contribution in [0.3, 0.4) is 0 Å². The van der Waals surface area contributed by atoms with Crippen LogP contribution in [0.1, 0.15) is 0 Å². The quantitative estimate of drug-likeness (QED) is 0.689. The number of hydrogen-bond donors (Lipinski definition) is 1. The summed E-state index contributed by atoms with van der Waals surface area (Å²) < 4.78 is 26.8. The zero-order valence-electron chi connectivity index (χ0n) is 16.2. The average Bonchev–Trinajstić information content (AvgIpc) is 3.11. The zero-order chi connectivity index (χ0) is 20.4. The molecule has 29 heavy (non-hydrogen) atoms. The number of aromatic nitrogens is 2. The number of carbonyl (C=O) groups is 1. The molecule has 152 valence electrons. The fourth-order valence-electron chi connectivity index (χ4n) is 3.60. The lowest BCUT2D eigenvalue weighted by Gasteiger charge is -2.35. The van der Waals surface area contributed by atoms with Gasteiger partial charge in [0.2, 0.25) is 15.9 Å². The number of hydrogen-bond acceptors (Lipinski definition) is 5. The Kier molecular flexibility index (Phi) is 5.25. The first-order chi connectivity index (χ1) is 13.9. The van der Waals surface area contributed by atoms with E-state index in [-0.39, 0.29) is 12.5 Å². The Morgan fingerprint density at radius 1 is 1.03 bits per heavy atom. The minimum atomic E-state index is -3.18. The van der Waals surface area contributed by atoms with Crippen molar-refractivity contribution in [1.82, 2.24) is 13.9 Å². The lowest BCUT2D eigenvalue weighted by Crippen LogP contribution is -2.48. The summed E-state index contributed by atoms with van der Waals surface area (Å²) in [6.07, 6.45) is 2.90. The fourth-order valence-corrected chi connectivity index (χ4v) is 4.42. The third kappa shape index (κ3) is 4.25. The van der Waals surface area contributed by atoms with Crippen molar-refractivity contribution >= 4 is 38.3 Å². The first-order valence-corrected chi connectivity index (χ1v) is 11.3. The van der Waals surface area contributed by atoms with Gasteiger partial charge in [-0.1, -0.05) is 24.3 Å². The number of para-hydroxylation sites is 4. The molecule has 1 aliphatic rings. The highest BCUT2D eigenvalue weighted by Crippen LogP contribution is 2.27. The molecule has 1 aromatic heterocycles. The predicted octanol–water partition coefficient (Wildman–Crippen LogP) is 1.76. The molecule has 1 N–H and O–H groups in total. The number of anilines is 2. The number of nitrogens with zero attached hydrogens (tertiary/aromatic N) is 4. The molecule has 0 spiro atoms. The van der Waals surface area contributed by atoms with Crippen molar-refractivity contribution in [3.63, 3.8) is 0 Å². The van der Waals surface area contributed by atoms with Gasteiger partial charge in [0.25, 0.3) is 0 Å². The number of piperazine rings is 1. The summed E-state index contributed by atoms with van der Waals surface area (Å²) in [5.74, 6) is -0.143. The number of sulfonamides is 1. The van der Waals surface area contributed by atoms with E-state index in [1.807, 2.05) is 53.1 Å². The normalized spacial score (nSPS) is 15.6. The molecule has 0 bridgehead atoms. The molecule has 3 aromatic rings. The third-order valence-corrected chi connectivity index (χ3v) is 6.37. The Morgan fingerprint density at radius 3 is 2.48 bits per heavy atom. The van der Waals surface area contributed by atoms with Gasteiger partial charge in [0.1, 0.15) is 6.54 Å². The summed E-state index contributed by atoms with van der Waals surface area (Å²) in [5.41, 5.74) is 3.37. The largest absolute Gasteiger partial charge is 0.367 e. The van der Waals surface area contributed by atoms with Crippen LogP contribution in [0.5, 0.6) is 0 Å². The van der Waals surface area contributed by atoms with Crippen LogP contribution in [-0.4, -0.2) is 60.6 Å². The maximum atomic E-state index is 12.7. The van der Waals surface area contributed by atoms with Crippen molar-refractivity contribution in [1.29, 1.82) is 0 Å². The van der Waals surface area contributed by atoms with Crippen molar-refractivity contribution in [2.24, 2.45) is 0 Å². The van der Waals surface area contributed by atoms with Crippen LogP contribution < -0.4 is 10.2 Å². The van der Waals surface area contributed by atoms with Crippen molar-refractivity contribution in [3.8, 4) is 0 Å². The van der Waals surface area contributed by atoms with Crippen LogP contribution in [0.25, 0.3) is 11.0 Å².